The fourth-order valence-electron chi connectivity index (χ4n) is 3.28. The molecule has 140 valence electrons. The molecule has 5 heteroatoms. The highest BCUT2D eigenvalue weighted by Gasteiger charge is 2.18. The molecule has 4 rings (SSSR count). The number of nitrogens with zero attached hydrogens (tertiary/aromatic N) is 1. The van der Waals surface area contributed by atoms with Gasteiger partial charge in [-0.3, -0.25) is 9.59 Å². The van der Waals surface area contributed by atoms with Crippen LogP contribution in [0.15, 0.2) is 71.3 Å². The second-order valence-corrected chi connectivity index (χ2v) is 6.80. The molecule has 0 spiro atoms. The minimum absolute atomic E-state index is 0.00894. The first-order valence-corrected chi connectivity index (χ1v) is 9.06. The maximum Gasteiger partial charge on any atom is 0.272 e. The van der Waals surface area contributed by atoms with Gasteiger partial charge in [0.15, 0.2) is 11.4 Å². The molecule has 1 amide bonds. The summed E-state index contributed by atoms with van der Waals surface area (Å²) in [6.07, 6.45) is 1.63. The summed E-state index contributed by atoms with van der Waals surface area (Å²) in [5, 5.41) is 2.90. The van der Waals surface area contributed by atoms with Crippen LogP contribution in [0.1, 0.15) is 38.9 Å². The molecule has 0 fully saturated rings. The SMILES string of the molecule is CC(=O)c1ccc(NC(=O)c2cc3occc3n2Cc2ccccc2C)cc1. The number of carbonyl (C=O) groups excluding carboxylic acids is 2. The van der Waals surface area contributed by atoms with E-state index in [1.807, 2.05) is 22.8 Å². The lowest BCUT2D eigenvalue weighted by Crippen LogP contribution is -2.17. The predicted octanol–water partition coefficient (Wildman–Crippen LogP) is 5.05. The van der Waals surface area contributed by atoms with Crippen LogP contribution in [-0.2, 0) is 6.54 Å². The summed E-state index contributed by atoms with van der Waals surface area (Å²) in [4.78, 5) is 24.4. The molecule has 0 atom stereocenters. The minimum Gasteiger partial charge on any atom is -0.463 e. The van der Waals surface area contributed by atoms with Crippen molar-refractivity contribution in [3.63, 3.8) is 0 Å². The van der Waals surface area contributed by atoms with Crippen molar-refractivity contribution >= 4 is 28.5 Å². The second kappa shape index (κ2) is 7.19. The molecule has 0 aliphatic rings. The van der Waals surface area contributed by atoms with Gasteiger partial charge in [0.1, 0.15) is 5.69 Å². The van der Waals surface area contributed by atoms with E-state index >= 15 is 0 Å². The van der Waals surface area contributed by atoms with Gasteiger partial charge < -0.3 is 14.3 Å². The first-order valence-electron chi connectivity index (χ1n) is 9.06. The lowest BCUT2D eigenvalue weighted by Gasteiger charge is -2.12. The highest BCUT2D eigenvalue weighted by Crippen LogP contribution is 2.24. The van der Waals surface area contributed by atoms with Crippen molar-refractivity contribution in [2.24, 2.45) is 0 Å². The Morgan fingerprint density at radius 3 is 2.50 bits per heavy atom. The number of Topliss-reactive ketones (excluding diaryl/α,β-unsaturated/α-hetero) is 1. The van der Waals surface area contributed by atoms with Gasteiger partial charge in [-0.15, -0.1) is 0 Å². The number of anilines is 1. The van der Waals surface area contributed by atoms with Crippen molar-refractivity contribution in [1.29, 1.82) is 0 Å². The molecule has 1 N–H and O–H groups in total. The maximum absolute atomic E-state index is 13.0. The van der Waals surface area contributed by atoms with Gasteiger partial charge in [0.2, 0.25) is 0 Å². The Kier molecular flexibility index (Phi) is 4.57. The molecule has 0 saturated heterocycles. The van der Waals surface area contributed by atoms with Crippen molar-refractivity contribution in [2.45, 2.75) is 20.4 Å². The Morgan fingerprint density at radius 1 is 1.04 bits per heavy atom. The average Bonchev–Trinajstić information content (AvgIpc) is 3.26. The Labute approximate surface area is 162 Å². The third kappa shape index (κ3) is 3.34. The zero-order valence-electron chi connectivity index (χ0n) is 15.7. The molecule has 0 aliphatic heterocycles. The van der Waals surface area contributed by atoms with E-state index in [-0.39, 0.29) is 11.7 Å². The number of benzene rings is 2. The van der Waals surface area contributed by atoms with Gasteiger partial charge in [-0.25, -0.2) is 0 Å². The molecule has 0 unspecified atom stereocenters. The third-order valence-corrected chi connectivity index (χ3v) is 4.89. The van der Waals surface area contributed by atoms with E-state index in [0.717, 1.165) is 11.1 Å². The molecule has 5 nitrogen and oxygen atoms in total. The zero-order valence-corrected chi connectivity index (χ0v) is 15.7. The standard InChI is InChI=1S/C23H20N2O3/c1-15-5-3-4-6-18(15)14-25-20-11-12-28-22(20)13-21(25)23(27)24-19-9-7-17(8-10-19)16(2)26/h3-13H,14H2,1-2H3,(H,24,27). The van der Waals surface area contributed by atoms with E-state index in [9.17, 15) is 9.59 Å². The van der Waals surface area contributed by atoms with E-state index in [1.165, 1.54) is 12.5 Å². The number of rotatable bonds is 5. The molecule has 2 aromatic carbocycles. The molecule has 0 saturated carbocycles. The van der Waals surface area contributed by atoms with Crippen LogP contribution < -0.4 is 5.32 Å². The van der Waals surface area contributed by atoms with Crippen molar-refractivity contribution in [1.82, 2.24) is 4.57 Å². The van der Waals surface area contributed by atoms with Gasteiger partial charge in [-0.2, -0.15) is 0 Å². The van der Waals surface area contributed by atoms with Crippen LogP contribution in [0.25, 0.3) is 11.1 Å². The van der Waals surface area contributed by atoms with E-state index in [4.69, 9.17) is 4.42 Å². The van der Waals surface area contributed by atoms with Gasteiger partial charge in [0.25, 0.3) is 5.91 Å². The number of ketones is 1. The van der Waals surface area contributed by atoms with Crippen molar-refractivity contribution in [2.75, 3.05) is 5.32 Å². The Balaban J connectivity index is 1.66. The van der Waals surface area contributed by atoms with E-state index < -0.39 is 0 Å². The molecular weight excluding hydrogens is 352 g/mol. The summed E-state index contributed by atoms with van der Waals surface area (Å²) in [6, 6.07) is 18.6. The number of fused-ring (bicyclic) bond motifs is 1. The summed E-state index contributed by atoms with van der Waals surface area (Å²) >= 11 is 0. The predicted molar refractivity (Wildman–Crippen MR) is 109 cm³/mol. The zero-order chi connectivity index (χ0) is 19.7. The topological polar surface area (TPSA) is 64.2 Å². The molecule has 0 radical (unpaired) electrons. The van der Waals surface area contributed by atoms with Gasteiger partial charge in [-0.05, 0) is 49.2 Å². The summed E-state index contributed by atoms with van der Waals surface area (Å²) in [5.41, 5.74) is 5.62. The van der Waals surface area contributed by atoms with E-state index in [0.29, 0.717) is 29.1 Å². The molecule has 28 heavy (non-hydrogen) atoms. The fourth-order valence-corrected chi connectivity index (χ4v) is 3.28. The minimum atomic E-state index is -0.226. The smallest absolute Gasteiger partial charge is 0.272 e. The summed E-state index contributed by atoms with van der Waals surface area (Å²) in [6.45, 7) is 4.14. The third-order valence-electron chi connectivity index (χ3n) is 4.89. The van der Waals surface area contributed by atoms with Crippen molar-refractivity contribution in [3.8, 4) is 0 Å². The molecule has 0 aliphatic carbocycles. The number of amides is 1. The molecule has 0 bridgehead atoms. The Hall–Kier alpha value is -3.60. The largest absolute Gasteiger partial charge is 0.463 e. The van der Waals surface area contributed by atoms with Gasteiger partial charge in [0.05, 0.1) is 11.8 Å². The fraction of sp³-hybridized carbons (Fsp3) is 0.130. The normalized spacial score (nSPS) is 10.9. The number of nitrogens with one attached hydrogen (secondary N) is 1. The van der Waals surface area contributed by atoms with Gasteiger partial charge in [-0.1, -0.05) is 24.3 Å². The summed E-state index contributed by atoms with van der Waals surface area (Å²) < 4.78 is 7.47. The number of aromatic nitrogens is 1. The molecule has 2 heterocycles. The quantitative estimate of drug-likeness (QED) is 0.499. The first kappa shape index (κ1) is 17.8. The number of furan rings is 1. The van der Waals surface area contributed by atoms with Gasteiger partial charge >= 0.3 is 0 Å². The summed E-state index contributed by atoms with van der Waals surface area (Å²) in [7, 11) is 0. The number of carbonyl (C=O) groups is 2. The van der Waals surface area contributed by atoms with Crippen LogP contribution >= 0.6 is 0 Å². The summed E-state index contributed by atoms with van der Waals surface area (Å²) in [5.74, 6) is -0.235. The van der Waals surface area contributed by atoms with Crippen molar-refractivity contribution in [3.05, 3.63) is 89.3 Å². The average molecular weight is 372 g/mol. The Morgan fingerprint density at radius 2 is 1.79 bits per heavy atom. The highest BCUT2D eigenvalue weighted by atomic mass is 16.3. The monoisotopic (exact) mass is 372 g/mol. The first-order chi connectivity index (χ1) is 13.5. The second-order valence-electron chi connectivity index (χ2n) is 6.80. The van der Waals surface area contributed by atoms with Gasteiger partial charge in [0, 0.05) is 29.9 Å². The molecular formula is C23H20N2O3. The van der Waals surface area contributed by atoms with Crippen molar-refractivity contribution < 1.29 is 14.0 Å². The van der Waals surface area contributed by atoms with Crippen LogP contribution in [0.2, 0.25) is 0 Å². The van der Waals surface area contributed by atoms with E-state index in [2.05, 4.69) is 24.4 Å². The lowest BCUT2D eigenvalue weighted by molar-refractivity contribution is 0.101. The number of aryl methyl sites for hydroxylation is 1. The van der Waals surface area contributed by atoms with E-state index in [1.54, 1.807) is 36.6 Å². The highest BCUT2D eigenvalue weighted by molar-refractivity contribution is 6.06. The van der Waals surface area contributed by atoms with Crippen LogP contribution in [0.4, 0.5) is 5.69 Å². The Bertz CT molecular complexity index is 1170. The number of hydrogen-bond donors (Lipinski definition) is 1. The van der Waals surface area contributed by atoms with Crippen LogP contribution in [0.5, 0.6) is 0 Å². The van der Waals surface area contributed by atoms with Crippen LogP contribution in [0.3, 0.4) is 0 Å². The van der Waals surface area contributed by atoms with Crippen LogP contribution in [-0.4, -0.2) is 16.3 Å². The van der Waals surface area contributed by atoms with Crippen LogP contribution in [0, 0.1) is 6.92 Å². The maximum atomic E-state index is 13.0. The molecule has 2 aromatic heterocycles. The number of hydrogen-bond acceptors (Lipinski definition) is 3. The lowest BCUT2D eigenvalue weighted by atomic mass is 10.1. The molecule has 4 aromatic rings.